The summed E-state index contributed by atoms with van der Waals surface area (Å²) >= 11 is 0. The number of nitrogens with one attached hydrogen (secondary N) is 1. The van der Waals surface area contributed by atoms with Crippen molar-refractivity contribution in [2.24, 2.45) is 11.3 Å². The zero-order valence-corrected chi connectivity index (χ0v) is 14.8. The third-order valence-corrected chi connectivity index (χ3v) is 5.73. The molecule has 3 atom stereocenters. The second kappa shape index (κ2) is 7.94. The molecule has 0 aromatic carbocycles. The lowest BCUT2D eigenvalue weighted by atomic mass is 9.69. The van der Waals surface area contributed by atoms with Gasteiger partial charge in [-0.1, -0.05) is 26.7 Å². The lowest BCUT2D eigenvalue weighted by Crippen LogP contribution is -2.48. The molecule has 2 aliphatic rings. The SMILES string of the molecule is CCNCC1(CN(C)CC2CCCN2C)CCCC(C)C1. The van der Waals surface area contributed by atoms with Gasteiger partial charge in [-0.2, -0.15) is 0 Å². The summed E-state index contributed by atoms with van der Waals surface area (Å²) in [7, 11) is 4.64. The van der Waals surface area contributed by atoms with Crippen molar-refractivity contribution in [1.82, 2.24) is 15.1 Å². The van der Waals surface area contributed by atoms with E-state index in [0.717, 1.165) is 18.5 Å². The monoisotopic (exact) mass is 295 g/mol. The first kappa shape index (κ1) is 17.2. The van der Waals surface area contributed by atoms with Crippen molar-refractivity contribution in [3.63, 3.8) is 0 Å². The summed E-state index contributed by atoms with van der Waals surface area (Å²) in [4.78, 5) is 5.18. The number of nitrogens with zero attached hydrogens (tertiary/aromatic N) is 2. The van der Waals surface area contributed by atoms with E-state index in [1.165, 1.54) is 64.7 Å². The second-order valence-corrected chi connectivity index (χ2v) is 7.96. The lowest BCUT2D eigenvalue weighted by Gasteiger charge is -2.43. The average molecular weight is 296 g/mol. The Morgan fingerprint density at radius 3 is 2.71 bits per heavy atom. The van der Waals surface area contributed by atoms with Gasteiger partial charge in [0.2, 0.25) is 0 Å². The predicted octanol–water partition coefficient (Wildman–Crippen LogP) is 2.82. The highest BCUT2D eigenvalue weighted by Crippen LogP contribution is 2.39. The molecular weight excluding hydrogens is 258 g/mol. The zero-order valence-electron chi connectivity index (χ0n) is 14.8. The molecule has 1 aliphatic carbocycles. The van der Waals surface area contributed by atoms with Crippen molar-refractivity contribution in [3.8, 4) is 0 Å². The van der Waals surface area contributed by atoms with Gasteiger partial charge in [0.25, 0.3) is 0 Å². The third kappa shape index (κ3) is 4.94. The molecule has 0 spiro atoms. The second-order valence-electron chi connectivity index (χ2n) is 7.96. The normalized spacial score (nSPS) is 34.7. The largest absolute Gasteiger partial charge is 0.316 e. The summed E-state index contributed by atoms with van der Waals surface area (Å²) in [6.45, 7) is 10.8. The minimum absolute atomic E-state index is 0.513. The molecule has 21 heavy (non-hydrogen) atoms. The molecule has 0 aromatic rings. The highest BCUT2D eigenvalue weighted by atomic mass is 15.2. The van der Waals surface area contributed by atoms with E-state index in [2.05, 4.69) is 43.1 Å². The molecular formula is C18H37N3. The van der Waals surface area contributed by atoms with Crippen LogP contribution in [0.5, 0.6) is 0 Å². The molecule has 3 unspecified atom stereocenters. The number of hydrogen-bond acceptors (Lipinski definition) is 3. The summed E-state index contributed by atoms with van der Waals surface area (Å²) in [5.74, 6) is 0.903. The van der Waals surface area contributed by atoms with Crippen molar-refractivity contribution in [2.75, 3.05) is 46.8 Å². The highest BCUT2D eigenvalue weighted by molar-refractivity contribution is 4.90. The van der Waals surface area contributed by atoms with E-state index in [1.807, 2.05) is 0 Å². The van der Waals surface area contributed by atoms with E-state index in [-0.39, 0.29) is 0 Å². The van der Waals surface area contributed by atoms with Gasteiger partial charge in [-0.3, -0.25) is 0 Å². The molecule has 3 heteroatoms. The average Bonchev–Trinajstić information content (AvgIpc) is 2.82. The molecule has 1 N–H and O–H groups in total. The molecule has 1 saturated carbocycles. The Hall–Kier alpha value is -0.120. The van der Waals surface area contributed by atoms with Crippen molar-refractivity contribution in [1.29, 1.82) is 0 Å². The molecule has 1 heterocycles. The Morgan fingerprint density at radius 2 is 2.10 bits per heavy atom. The Labute approximate surface area is 132 Å². The van der Waals surface area contributed by atoms with Gasteiger partial charge < -0.3 is 15.1 Å². The van der Waals surface area contributed by atoms with Gasteiger partial charge in [-0.25, -0.2) is 0 Å². The number of hydrogen-bond donors (Lipinski definition) is 1. The first-order chi connectivity index (χ1) is 10.0. The fourth-order valence-electron chi connectivity index (χ4n) is 4.73. The maximum absolute atomic E-state index is 3.65. The molecule has 0 bridgehead atoms. The molecule has 3 nitrogen and oxygen atoms in total. The summed E-state index contributed by atoms with van der Waals surface area (Å²) in [6.07, 6.45) is 8.44. The van der Waals surface area contributed by atoms with Gasteiger partial charge in [0.1, 0.15) is 0 Å². The smallest absolute Gasteiger partial charge is 0.0220 e. The lowest BCUT2D eigenvalue weighted by molar-refractivity contribution is 0.0819. The summed E-state index contributed by atoms with van der Waals surface area (Å²) < 4.78 is 0. The van der Waals surface area contributed by atoms with Crippen LogP contribution in [0.15, 0.2) is 0 Å². The fraction of sp³-hybridized carbons (Fsp3) is 1.00. The Balaban J connectivity index is 1.90. The first-order valence-corrected chi connectivity index (χ1v) is 9.14. The van der Waals surface area contributed by atoms with Gasteiger partial charge in [0, 0.05) is 25.7 Å². The molecule has 2 rings (SSSR count). The Kier molecular flexibility index (Phi) is 6.51. The summed E-state index contributed by atoms with van der Waals surface area (Å²) in [5.41, 5.74) is 0.513. The van der Waals surface area contributed by atoms with Crippen LogP contribution in [-0.2, 0) is 0 Å². The summed E-state index contributed by atoms with van der Waals surface area (Å²) in [5, 5.41) is 3.65. The standard InChI is InChI=1S/C18H37N3/c1-5-19-14-18(10-6-8-16(2)12-18)15-20(3)13-17-9-7-11-21(17)4/h16-17,19H,5-15H2,1-4H3. The van der Waals surface area contributed by atoms with Crippen LogP contribution in [0.4, 0.5) is 0 Å². The van der Waals surface area contributed by atoms with Crippen molar-refractivity contribution >= 4 is 0 Å². The Morgan fingerprint density at radius 1 is 1.29 bits per heavy atom. The summed E-state index contributed by atoms with van der Waals surface area (Å²) in [6, 6.07) is 0.784. The van der Waals surface area contributed by atoms with Crippen LogP contribution < -0.4 is 5.32 Å². The van der Waals surface area contributed by atoms with Gasteiger partial charge in [0.05, 0.1) is 0 Å². The van der Waals surface area contributed by atoms with Crippen LogP contribution in [0.3, 0.4) is 0 Å². The van der Waals surface area contributed by atoms with Gasteiger partial charge >= 0.3 is 0 Å². The van der Waals surface area contributed by atoms with E-state index < -0.39 is 0 Å². The predicted molar refractivity (Wildman–Crippen MR) is 91.8 cm³/mol. The van der Waals surface area contributed by atoms with E-state index in [9.17, 15) is 0 Å². The van der Waals surface area contributed by atoms with E-state index >= 15 is 0 Å². The minimum Gasteiger partial charge on any atom is -0.316 e. The molecule has 0 amide bonds. The van der Waals surface area contributed by atoms with E-state index in [4.69, 9.17) is 0 Å². The van der Waals surface area contributed by atoms with Crippen molar-refractivity contribution in [2.45, 2.75) is 58.4 Å². The zero-order chi connectivity index (χ0) is 15.3. The fourth-order valence-corrected chi connectivity index (χ4v) is 4.73. The molecule has 124 valence electrons. The quantitative estimate of drug-likeness (QED) is 0.779. The van der Waals surface area contributed by atoms with E-state index in [0.29, 0.717) is 5.41 Å². The van der Waals surface area contributed by atoms with E-state index in [1.54, 1.807) is 0 Å². The van der Waals surface area contributed by atoms with Crippen LogP contribution >= 0.6 is 0 Å². The van der Waals surface area contributed by atoms with Crippen molar-refractivity contribution in [3.05, 3.63) is 0 Å². The molecule has 2 fully saturated rings. The van der Waals surface area contributed by atoms with Gasteiger partial charge in [-0.15, -0.1) is 0 Å². The Bertz CT molecular complexity index is 307. The maximum Gasteiger partial charge on any atom is 0.0220 e. The van der Waals surface area contributed by atoms with Crippen LogP contribution in [0.2, 0.25) is 0 Å². The number of likely N-dealkylation sites (tertiary alicyclic amines) is 1. The van der Waals surface area contributed by atoms with Crippen LogP contribution in [-0.4, -0.2) is 62.7 Å². The van der Waals surface area contributed by atoms with Gasteiger partial charge in [-0.05, 0) is 64.2 Å². The molecule has 0 radical (unpaired) electrons. The first-order valence-electron chi connectivity index (χ1n) is 9.14. The topological polar surface area (TPSA) is 18.5 Å². The maximum atomic E-state index is 3.65. The van der Waals surface area contributed by atoms with Crippen molar-refractivity contribution < 1.29 is 0 Å². The van der Waals surface area contributed by atoms with Gasteiger partial charge in [0.15, 0.2) is 0 Å². The molecule has 1 aliphatic heterocycles. The van der Waals surface area contributed by atoms with Crippen LogP contribution in [0.1, 0.15) is 52.4 Å². The molecule has 1 saturated heterocycles. The third-order valence-electron chi connectivity index (χ3n) is 5.73. The van der Waals surface area contributed by atoms with Crippen LogP contribution in [0, 0.1) is 11.3 Å². The number of likely N-dealkylation sites (N-methyl/N-ethyl adjacent to an activating group) is 2. The highest BCUT2D eigenvalue weighted by Gasteiger charge is 2.36. The molecule has 0 aromatic heterocycles. The number of rotatable bonds is 7. The van der Waals surface area contributed by atoms with Crippen LogP contribution in [0.25, 0.3) is 0 Å². The minimum atomic E-state index is 0.513.